The first-order chi connectivity index (χ1) is 12.3. The highest BCUT2D eigenvalue weighted by atomic mass is 15.2. The van der Waals surface area contributed by atoms with Crippen molar-refractivity contribution in [3.05, 3.63) is 59.3 Å². The molecule has 0 amide bonds. The largest absolute Gasteiger partial charge is 0.357 e. The van der Waals surface area contributed by atoms with E-state index in [1.807, 2.05) is 0 Å². The van der Waals surface area contributed by atoms with Crippen LogP contribution in [0.2, 0.25) is 0 Å². The second kappa shape index (κ2) is 7.57. The average Bonchev–Trinajstić information content (AvgIpc) is 3.18. The van der Waals surface area contributed by atoms with E-state index in [1.54, 1.807) is 0 Å². The van der Waals surface area contributed by atoms with Crippen molar-refractivity contribution in [2.75, 3.05) is 24.5 Å². The van der Waals surface area contributed by atoms with Crippen LogP contribution < -0.4 is 4.90 Å². The maximum Gasteiger partial charge on any atom is 0.128 e. The van der Waals surface area contributed by atoms with Crippen molar-refractivity contribution in [2.24, 2.45) is 0 Å². The van der Waals surface area contributed by atoms with Crippen LogP contribution in [0.15, 0.2) is 42.5 Å². The molecule has 3 heteroatoms. The molecule has 0 N–H and O–H groups in total. The molecular formula is C22H29N3. The third kappa shape index (κ3) is 3.72. The Morgan fingerprint density at radius 1 is 0.920 bits per heavy atom. The number of hydrogen-bond donors (Lipinski definition) is 0. The molecule has 0 spiro atoms. The minimum Gasteiger partial charge on any atom is -0.357 e. The average molecular weight is 335 g/mol. The number of nitrogens with zero attached hydrogens (tertiary/aromatic N) is 3. The van der Waals surface area contributed by atoms with Gasteiger partial charge in [-0.3, -0.25) is 4.90 Å². The molecule has 0 unspecified atom stereocenters. The van der Waals surface area contributed by atoms with Crippen LogP contribution in [0.25, 0.3) is 0 Å². The number of anilines is 1. The van der Waals surface area contributed by atoms with E-state index >= 15 is 0 Å². The summed E-state index contributed by atoms with van der Waals surface area (Å²) < 4.78 is 0. The topological polar surface area (TPSA) is 19.4 Å². The van der Waals surface area contributed by atoms with Gasteiger partial charge in [-0.2, -0.15) is 0 Å². The van der Waals surface area contributed by atoms with Crippen LogP contribution in [-0.4, -0.2) is 29.5 Å². The van der Waals surface area contributed by atoms with E-state index in [0.29, 0.717) is 6.04 Å². The van der Waals surface area contributed by atoms with Crippen LogP contribution in [0.3, 0.4) is 0 Å². The van der Waals surface area contributed by atoms with Crippen LogP contribution in [0.5, 0.6) is 0 Å². The van der Waals surface area contributed by atoms with Crippen LogP contribution in [-0.2, 0) is 6.54 Å². The van der Waals surface area contributed by atoms with Crippen LogP contribution in [0.4, 0.5) is 5.82 Å². The summed E-state index contributed by atoms with van der Waals surface area (Å²) in [6.45, 7) is 6.75. The quantitative estimate of drug-likeness (QED) is 0.806. The smallest absolute Gasteiger partial charge is 0.128 e. The van der Waals surface area contributed by atoms with Crippen molar-refractivity contribution in [1.29, 1.82) is 0 Å². The summed E-state index contributed by atoms with van der Waals surface area (Å²) in [5.74, 6) is 1.17. The Kier molecular flexibility index (Phi) is 5.02. The summed E-state index contributed by atoms with van der Waals surface area (Å²) in [5, 5.41) is 0. The van der Waals surface area contributed by atoms with Gasteiger partial charge in [0.2, 0.25) is 0 Å². The van der Waals surface area contributed by atoms with Crippen LogP contribution in [0, 0.1) is 6.92 Å². The van der Waals surface area contributed by atoms with Crippen LogP contribution >= 0.6 is 0 Å². The first-order valence-electron chi connectivity index (χ1n) is 9.82. The zero-order valence-electron chi connectivity index (χ0n) is 15.3. The molecule has 0 aliphatic carbocycles. The fraction of sp³-hybridized carbons (Fsp3) is 0.500. The van der Waals surface area contributed by atoms with Gasteiger partial charge < -0.3 is 4.90 Å². The number of hydrogen-bond acceptors (Lipinski definition) is 3. The van der Waals surface area contributed by atoms with Crippen LogP contribution in [0.1, 0.15) is 55.0 Å². The van der Waals surface area contributed by atoms with Crippen molar-refractivity contribution < 1.29 is 0 Å². The predicted octanol–water partition coefficient (Wildman–Crippen LogP) is 4.72. The molecule has 132 valence electrons. The van der Waals surface area contributed by atoms with Gasteiger partial charge in [-0.15, -0.1) is 0 Å². The van der Waals surface area contributed by atoms with E-state index in [2.05, 4.69) is 59.2 Å². The molecule has 0 radical (unpaired) electrons. The van der Waals surface area contributed by atoms with E-state index in [4.69, 9.17) is 4.98 Å². The zero-order valence-corrected chi connectivity index (χ0v) is 15.3. The maximum atomic E-state index is 4.97. The SMILES string of the molecule is Cc1nc(N2CCCC2)ccc1[C@@H]1CCCCN1Cc1ccccc1. The number of aryl methyl sites for hydroxylation is 1. The number of rotatable bonds is 4. The van der Waals surface area contributed by atoms with Gasteiger partial charge in [-0.05, 0) is 56.3 Å². The molecule has 2 aromatic rings. The van der Waals surface area contributed by atoms with Gasteiger partial charge in [0, 0.05) is 31.4 Å². The summed E-state index contributed by atoms with van der Waals surface area (Å²) in [6.07, 6.45) is 6.48. The van der Waals surface area contributed by atoms with Crippen molar-refractivity contribution in [3.8, 4) is 0 Å². The summed E-state index contributed by atoms with van der Waals surface area (Å²) in [4.78, 5) is 10.1. The van der Waals surface area contributed by atoms with Crippen molar-refractivity contribution >= 4 is 5.82 Å². The molecule has 3 heterocycles. The highest BCUT2D eigenvalue weighted by Crippen LogP contribution is 2.34. The summed E-state index contributed by atoms with van der Waals surface area (Å²) in [7, 11) is 0. The molecule has 2 aliphatic heterocycles. The zero-order chi connectivity index (χ0) is 17.1. The third-order valence-electron chi connectivity index (χ3n) is 5.74. The number of piperidine rings is 1. The molecule has 4 rings (SSSR count). The molecule has 25 heavy (non-hydrogen) atoms. The van der Waals surface area contributed by atoms with Gasteiger partial charge in [0.15, 0.2) is 0 Å². The van der Waals surface area contributed by atoms with Gasteiger partial charge >= 0.3 is 0 Å². The highest BCUT2D eigenvalue weighted by Gasteiger charge is 2.26. The number of pyridine rings is 1. The van der Waals surface area contributed by atoms with E-state index in [9.17, 15) is 0 Å². The van der Waals surface area contributed by atoms with E-state index in [1.165, 1.54) is 61.3 Å². The van der Waals surface area contributed by atoms with Gasteiger partial charge in [0.05, 0.1) is 0 Å². The maximum absolute atomic E-state index is 4.97. The lowest BCUT2D eigenvalue weighted by molar-refractivity contribution is 0.139. The van der Waals surface area contributed by atoms with Crippen molar-refractivity contribution in [3.63, 3.8) is 0 Å². The lowest BCUT2D eigenvalue weighted by Crippen LogP contribution is -2.33. The van der Waals surface area contributed by atoms with Gasteiger partial charge in [0.1, 0.15) is 5.82 Å². The molecule has 2 fully saturated rings. The molecule has 3 nitrogen and oxygen atoms in total. The fourth-order valence-electron chi connectivity index (χ4n) is 4.38. The lowest BCUT2D eigenvalue weighted by Gasteiger charge is -2.36. The van der Waals surface area contributed by atoms with E-state index in [-0.39, 0.29) is 0 Å². The summed E-state index contributed by atoms with van der Waals surface area (Å²) >= 11 is 0. The van der Waals surface area contributed by atoms with Gasteiger partial charge in [-0.25, -0.2) is 4.98 Å². The molecule has 0 saturated carbocycles. The third-order valence-corrected chi connectivity index (χ3v) is 5.74. The molecule has 1 aromatic carbocycles. The van der Waals surface area contributed by atoms with Gasteiger partial charge in [0.25, 0.3) is 0 Å². The number of likely N-dealkylation sites (tertiary alicyclic amines) is 1. The second-order valence-electron chi connectivity index (χ2n) is 7.51. The Hall–Kier alpha value is -1.87. The Balaban J connectivity index is 1.55. The molecule has 0 bridgehead atoms. The number of benzene rings is 1. The Labute approximate surface area is 151 Å². The normalized spacial score (nSPS) is 21.6. The Bertz CT molecular complexity index is 692. The second-order valence-corrected chi connectivity index (χ2v) is 7.51. The van der Waals surface area contributed by atoms with Crippen molar-refractivity contribution in [1.82, 2.24) is 9.88 Å². The predicted molar refractivity (Wildman–Crippen MR) is 104 cm³/mol. The molecule has 2 aliphatic rings. The minimum atomic E-state index is 0.508. The molecule has 1 atom stereocenters. The first kappa shape index (κ1) is 16.6. The van der Waals surface area contributed by atoms with Crippen molar-refractivity contribution in [2.45, 2.75) is 51.6 Å². The monoisotopic (exact) mass is 335 g/mol. The van der Waals surface area contributed by atoms with E-state index < -0.39 is 0 Å². The molecule has 1 aromatic heterocycles. The van der Waals surface area contributed by atoms with Gasteiger partial charge in [-0.1, -0.05) is 42.8 Å². The first-order valence-corrected chi connectivity index (χ1v) is 9.82. The Morgan fingerprint density at radius 2 is 1.68 bits per heavy atom. The minimum absolute atomic E-state index is 0.508. The standard InChI is InChI=1S/C22H29N3/c1-18-20(12-13-22(23-18)24-14-7-8-15-24)21-11-5-6-16-25(21)17-19-9-3-2-4-10-19/h2-4,9-10,12-13,21H,5-8,11,14-17H2,1H3/t21-/m0/s1. The molecule has 2 saturated heterocycles. The lowest BCUT2D eigenvalue weighted by atomic mass is 9.93. The molecular weight excluding hydrogens is 306 g/mol. The number of aromatic nitrogens is 1. The summed E-state index contributed by atoms with van der Waals surface area (Å²) in [5.41, 5.74) is 4.06. The summed E-state index contributed by atoms with van der Waals surface area (Å²) in [6, 6.07) is 16.0. The highest BCUT2D eigenvalue weighted by molar-refractivity contribution is 5.43. The van der Waals surface area contributed by atoms with E-state index in [0.717, 1.165) is 19.6 Å². The fourth-order valence-corrected chi connectivity index (χ4v) is 4.38. The Morgan fingerprint density at radius 3 is 2.44 bits per heavy atom.